The molecule has 0 fully saturated rings. The van der Waals surface area contributed by atoms with E-state index in [1.54, 1.807) is 111 Å². The number of fused-ring (bicyclic) bond motifs is 2. The van der Waals surface area contributed by atoms with Gasteiger partial charge in [0.1, 0.15) is 43.6 Å². The molecule has 0 aliphatic carbocycles. The first-order valence-corrected chi connectivity index (χ1v) is 25.7. The predicted octanol–water partition coefficient (Wildman–Crippen LogP) is 12.0. The minimum Gasteiger partial charge on any atom is -0.870 e. The minimum absolute atomic E-state index is 0. The number of anilines is 2. The van der Waals surface area contributed by atoms with E-state index in [2.05, 4.69) is 31.1 Å². The molecule has 8 aromatic carbocycles. The van der Waals surface area contributed by atoms with Crippen molar-refractivity contribution in [3.8, 4) is 23.0 Å². The topological polar surface area (TPSA) is 281 Å². The Morgan fingerprint density at radius 1 is 0.587 bits per heavy atom. The van der Waals surface area contributed by atoms with Gasteiger partial charge in [-0.15, -0.1) is 15.3 Å². The molecule has 0 spiro atoms. The molecule has 0 atom stereocenters. The van der Waals surface area contributed by atoms with Gasteiger partial charge in [-0.3, -0.25) is 14.1 Å². The van der Waals surface area contributed by atoms with E-state index in [0.29, 0.717) is 50.0 Å². The fourth-order valence-electron chi connectivity index (χ4n) is 7.60. The van der Waals surface area contributed by atoms with Crippen LogP contribution in [0.25, 0.3) is 21.5 Å². The summed E-state index contributed by atoms with van der Waals surface area (Å²) in [6.45, 7) is 3.38. The maximum atomic E-state index is 13.4. The summed E-state index contributed by atoms with van der Waals surface area (Å²) in [6.07, 6.45) is 0.511. The van der Waals surface area contributed by atoms with Gasteiger partial charge in [0.25, 0.3) is 21.9 Å². The summed E-state index contributed by atoms with van der Waals surface area (Å²) in [5, 5.41) is 47.6. The second kappa shape index (κ2) is 24.7. The van der Waals surface area contributed by atoms with Crippen LogP contribution in [0.5, 0.6) is 23.0 Å². The molecule has 0 bridgehead atoms. The molecule has 0 aliphatic heterocycles. The molecule has 0 saturated heterocycles. The Kier molecular flexibility index (Phi) is 19.0. The SMILES string of the molecule is CCc1ccc(Cl)c(N=Nc2c(O)c(C(=O)Nc3ccc(OC)cc3)cc3ccccc23)c1S(=O)(=O)O.CCc1ccc(Cl)c(N=Nc2c([O-])c(C(=O)Nc3ccc(OC)cc3)cc3ccccc23)c1S(=O)(=O)[O-].[Ca+2]. The molecule has 4 N–H and O–H groups in total. The summed E-state index contributed by atoms with van der Waals surface area (Å²) in [7, 11) is -6.60. The van der Waals surface area contributed by atoms with Gasteiger partial charge in [-0.2, -0.15) is 13.5 Å². The average molecular weight is 1120 g/mol. The zero-order valence-electron chi connectivity index (χ0n) is 40.2. The van der Waals surface area contributed by atoms with E-state index in [9.17, 15) is 45.7 Å². The molecule has 0 saturated carbocycles. The van der Waals surface area contributed by atoms with E-state index < -0.39 is 53.3 Å². The van der Waals surface area contributed by atoms with Gasteiger partial charge in [0.2, 0.25) is 0 Å². The molecule has 2 amide bonds. The standard InChI is InChI=1S/2C26H22ClN3O6S.Ca/c2*1-3-15-8-13-21(27)23(25(15)37(33,34)35)30-29-22-19-7-5-4-6-16(19)14-20(24(22)31)26(32)28-17-9-11-18(36-2)12-10-17;/h2*4-14,31H,3H2,1-2H3,(H,28,32)(H,33,34,35);/q;;+2/p-2. The fraction of sp³-hybridized carbons (Fsp3) is 0.115. The molecule has 18 nitrogen and oxygen atoms in total. The molecule has 8 rings (SSSR count). The first-order chi connectivity index (χ1) is 35.3. The summed E-state index contributed by atoms with van der Waals surface area (Å²) in [6, 6.07) is 35.5. The number of halogens is 2. The Morgan fingerprint density at radius 3 is 1.44 bits per heavy atom. The normalized spacial score (nSPS) is 11.5. The largest absolute Gasteiger partial charge is 2.00 e. The number of nitrogens with zero attached hydrogens (tertiary/aromatic N) is 4. The van der Waals surface area contributed by atoms with Gasteiger partial charge in [-0.05, 0) is 108 Å². The van der Waals surface area contributed by atoms with Gasteiger partial charge in [0.15, 0.2) is 5.75 Å². The van der Waals surface area contributed by atoms with Crippen molar-refractivity contribution in [3.63, 3.8) is 0 Å². The van der Waals surface area contributed by atoms with Crippen LogP contribution in [0.2, 0.25) is 10.0 Å². The molecule has 0 unspecified atom stereocenters. The summed E-state index contributed by atoms with van der Waals surface area (Å²) in [5.41, 5.74) is 0.226. The third-order valence-corrected chi connectivity index (χ3v) is 13.8. The summed E-state index contributed by atoms with van der Waals surface area (Å²) in [4.78, 5) is 25.0. The van der Waals surface area contributed by atoms with Gasteiger partial charge in [0.05, 0.1) is 40.4 Å². The number of rotatable bonds is 14. The maximum Gasteiger partial charge on any atom is 2.00 e. The van der Waals surface area contributed by atoms with E-state index >= 15 is 0 Å². The minimum atomic E-state index is -4.96. The number of ether oxygens (including phenoxy) is 2. The van der Waals surface area contributed by atoms with Crippen LogP contribution in [0.4, 0.5) is 34.1 Å². The van der Waals surface area contributed by atoms with Crippen molar-refractivity contribution in [2.45, 2.75) is 36.5 Å². The van der Waals surface area contributed by atoms with Gasteiger partial charge in [-0.1, -0.05) is 103 Å². The van der Waals surface area contributed by atoms with Crippen LogP contribution in [0, 0.1) is 0 Å². The Hall–Kier alpha value is -6.72. The molecular weight excluding hydrogens is 1080 g/mol. The molecule has 23 heteroatoms. The number of phenols is 1. The summed E-state index contributed by atoms with van der Waals surface area (Å²) < 4.78 is 80.3. The van der Waals surface area contributed by atoms with Crippen LogP contribution in [-0.2, 0) is 33.1 Å². The van der Waals surface area contributed by atoms with E-state index in [4.69, 9.17) is 32.7 Å². The number of amides is 2. The Morgan fingerprint density at radius 2 is 0.987 bits per heavy atom. The third kappa shape index (κ3) is 13.2. The van der Waals surface area contributed by atoms with E-state index in [0.717, 1.165) is 0 Å². The Labute approximate surface area is 470 Å². The molecule has 0 aromatic heterocycles. The molecule has 0 heterocycles. The second-order valence-electron chi connectivity index (χ2n) is 15.8. The number of aromatic hydroxyl groups is 1. The van der Waals surface area contributed by atoms with Gasteiger partial charge >= 0.3 is 37.7 Å². The number of hydrogen-bond donors (Lipinski definition) is 4. The van der Waals surface area contributed by atoms with Crippen molar-refractivity contribution in [1.29, 1.82) is 0 Å². The van der Waals surface area contributed by atoms with Crippen LogP contribution >= 0.6 is 23.2 Å². The average Bonchev–Trinajstić information content (AvgIpc) is 3.38. The van der Waals surface area contributed by atoms with Crippen molar-refractivity contribution in [2.75, 3.05) is 24.9 Å². The number of benzene rings is 8. The van der Waals surface area contributed by atoms with Crippen molar-refractivity contribution in [2.24, 2.45) is 20.5 Å². The number of carbonyl (C=O) groups excluding carboxylic acids is 2. The van der Waals surface area contributed by atoms with E-state index in [1.807, 2.05) is 0 Å². The molecule has 75 heavy (non-hydrogen) atoms. The Bertz CT molecular complexity index is 3530. The monoisotopic (exact) mass is 1120 g/mol. The van der Waals surface area contributed by atoms with Crippen LogP contribution in [0.3, 0.4) is 0 Å². The Balaban J connectivity index is 0.000000241. The number of aryl methyl sites for hydroxylation is 2. The fourth-order valence-corrected chi connectivity index (χ4v) is 9.97. The van der Waals surface area contributed by atoms with Crippen LogP contribution in [0.1, 0.15) is 45.7 Å². The first kappa shape index (κ1) is 57.6. The number of hydrogen-bond acceptors (Lipinski definition) is 15. The molecule has 0 aliphatic rings. The molecular formula is C52H42CaCl2N6O12S2. The van der Waals surface area contributed by atoms with E-state index in [1.165, 1.54) is 50.6 Å². The van der Waals surface area contributed by atoms with E-state index in [-0.39, 0.29) is 100 Å². The quantitative estimate of drug-likeness (QED) is 0.0449. The third-order valence-electron chi connectivity index (χ3n) is 11.3. The maximum absolute atomic E-state index is 13.4. The van der Waals surface area contributed by atoms with Crippen LogP contribution in [0.15, 0.2) is 164 Å². The van der Waals surface area contributed by atoms with Crippen molar-refractivity contribution in [3.05, 3.63) is 166 Å². The van der Waals surface area contributed by atoms with Gasteiger partial charge < -0.3 is 34.9 Å². The molecule has 8 aromatic rings. The van der Waals surface area contributed by atoms with Crippen LogP contribution in [-0.4, -0.2) is 94.8 Å². The number of azo groups is 2. The first-order valence-electron chi connectivity index (χ1n) is 22.1. The number of nitrogens with one attached hydrogen (secondary N) is 2. The van der Waals surface area contributed by atoms with Crippen molar-refractivity contribution < 1.29 is 55.2 Å². The summed E-state index contributed by atoms with van der Waals surface area (Å²) in [5.74, 6) is -1.27. The number of carbonyl (C=O) groups is 2. The zero-order valence-corrected chi connectivity index (χ0v) is 45.5. The van der Waals surface area contributed by atoms with Gasteiger partial charge in [0, 0.05) is 27.7 Å². The van der Waals surface area contributed by atoms with Crippen molar-refractivity contribution in [1.82, 2.24) is 0 Å². The molecule has 380 valence electrons. The number of phenolic OH excluding ortho intramolecular Hbond substituents is 1. The summed E-state index contributed by atoms with van der Waals surface area (Å²) >= 11 is 12.4. The number of methoxy groups -OCH3 is 2. The smallest absolute Gasteiger partial charge is 0.870 e. The zero-order chi connectivity index (χ0) is 53.5. The molecule has 0 radical (unpaired) electrons. The van der Waals surface area contributed by atoms with Gasteiger partial charge in [-0.25, -0.2) is 8.42 Å². The second-order valence-corrected chi connectivity index (χ2v) is 19.3. The predicted molar refractivity (Wildman–Crippen MR) is 284 cm³/mol. The van der Waals surface area contributed by atoms with Crippen molar-refractivity contribution >= 4 is 149 Å². The van der Waals surface area contributed by atoms with Crippen LogP contribution < -0.4 is 25.2 Å².